The lowest BCUT2D eigenvalue weighted by molar-refractivity contribution is 0.659. The van der Waals surface area contributed by atoms with Crippen LogP contribution in [0.3, 0.4) is 0 Å². The zero-order valence-corrected chi connectivity index (χ0v) is 25.2. The predicted octanol–water partition coefficient (Wildman–Crippen LogP) is 11.4. The van der Waals surface area contributed by atoms with Gasteiger partial charge in [-0.15, -0.1) is 10.0 Å². The molecule has 214 valence electrons. The average molecular weight is 597 g/mol. The van der Waals surface area contributed by atoms with Crippen LogP contribution in [0.2, 0.25) is 0 Å². The normalized spacial score (nSPS) is 12.4. The highest BCUT2D eigenvalue weighted by Gasteiger charge is 2.36. The fraction of sp³-hybridized carbons (Fsp3) is 0. The summed E-state index contributed by atoms with van der Waals surface area (Å²) in [5.74, 6) is 0. The van der Waals surface area contributed by atoms with Crippen LogP contribution in [-0.4, -0.2) is 9.55 Å². The molecule has 6 aromatic carbocycles. The molecule has 9 rings (SSSR count). The standard InChI is InChI=1S/C41H28N2OS/c1-4-14-30(15-5-1)45(31-16-6-2-7-17-31,32-18-8-3-9-19-32)40-27-29(26-35-36-28-42-25-24-39(36)44-41(35)40)43-37-22-12-10-20-33(37)34-21-11-13-23-38(34)43/h1-28H. The lowest BCUT2D eigenvalue weighted by Crippen LogP contribution is -2.06. The maximum atomic E-state index is 6.87. The topological polar surface area (TPSA) is 31.0 Å². The number of hydrogen-bond donors (Lipinski definition) is 0. The van der Waals surface area contributed by atoms with E-state index in [4.69, 9.17) is 4.42 Å². The number of para-hydroxylation sites is 2. The Kier molecular flexibility index (Phi) is 5.90. The minimum absolute atomic E-state index is 0.836. The Morgan fingerprint density at radius 3 is 1.56 bits per heavy atom. The summed E-state index contributed by atoms with van der Waals surface area (Å²) in [6.45, 7) is 0. The van der Waals surface area contributed by atoms with E-state index in [1.165, 1.54) is 36.5 Å². The molecule has 45 heavy (non-hydrogen) atoms. The third-order valence-corrected chi connectivity index (χ3v) is 12.7. The molecule has 3 heterocycles. The number of pyridine rings is 1. The minimum atomic E-state index is -2.03. The summed E-state index contributed by atoms with van der Waals surface area (Å²) < 4.78 is 9.28. The summed E-state index contributed by atoms with van der Waals surface area (Å²) in [7, 11) is -2.03. The molecule has 0 radical (unpaired) electrons. The quantitative estimate of drug-likeness (QED) is 0.198. The third kappa shape index (κ3) is 3.83. The molecule has 0 aliphatic carbocycles. The SMILES string of the molecule is c1ccc(S(c2ccccc2)(c2ccccc2)c2cc(-n3c4ccccc4c4ccccc43)cc3c2oc2ccncc23)cc1. The van der Waals surface area contributed by atoms with Crippen molar-refractivity contribution in [1.29, 1.82) is 0 Å². The van der Waals surface area contributed by atoms with Crippen LogP contribution < -0.4 is 0 Å². The highest BCUT2D eigenvalue weighted by Crippen LogP contribution is 2.75. The Hall–Kier alpha value is -5.58. The lowest BCUT2D eigenvalue weighted by Gasteiger charge is -2.42. The molecule has 3 nitrogen and oxygen atoms in total. The second-order valence-corrected chi connectivity index (χ2v) is 14.3. The van der Waals surface area contributed by atoms with Crippen molar-refractivity contribution in [3.8, 4) is 5.69 Å². The highest BCUT2D eigenvalue weighted by molar-refractivity contribution is 8.34. The molecule has 9 aromatic rings. The van der Waals surface area contributed by atoms with Crippen LogP contribution in [0.15, 0.2) is 194 Å². The van der Waals surface area contributed by atoms with E-state index in [1.54, 1.807) is 0 Å². The molecule has 0 N–H and O–H groups in total. The lowest BCUT2D eigenvalue weighted by atomic mass is 10.1. The van der Waals surface area contributed by atoms with E-state index in [-0.39, 0.29) is 0 Å². The maximum Gasteiger partial charge on any atom is 0.148 e. The summed E-state index contributed by atoms with van der Waals surface area (Å²) >= 11 is 0. The summed E-state index contributed by atoms with van der Waals surface area (Å²) in [6.07, 6.45) is 3.75. The van der Waals surface area contributed by atoms with Crippen molar-refractivity contribution in [2.45, 2.75) is 19.6 Å². The van der Waals surface area contributed by atoms with Crippen LogP contribution in [0.4, 0.5) is 0 Å². The second-order valence-electron chi connectivity index (χ2n) is 11.2. The Balaban J connectivity index is 1.52. The first kappa shape index (κ1) is 25.9. The van der Waals surface area contributed by atoms with Crippen molar-refractivity contribution in [3.63, 3.8) is 0 Å². The van der Waals surface area contributed by atoms with E-state index < -0.39 is 10.0 Å². The third-order valence-electron chi connectivity index (χ3n) is 8.78. The van der Waals surface area contributed by atoms with Crippen LogP contribution >= 0.6 is 10.0 Å². The second kappa shape index (κ2) is 10.3. The number of hydrogen-bond acceptors (Lipinski definition) is 2. The molecule has 0 amide bonds. The van der Waals surface area contributed by atoms with Gasteiger partial charge in [-0.3, -0.25) is 4.98 Å². The van der Waals surface area contributed by atoms with E-state index in [9.17, 15) is 0 Å². The fourth-order valence-electron chi connectivity index (χ4n) is 6.90. The molecule has 0 saturated heterocycles. The van der Waals surface area contributed by atoms with Gasteiger partial charge in [0.15, 0.2) is 0 Å². The van der Waals surface area contributed by atoms with Gasteiger partial charge in [0.25, 0.3) is 0 Å². The molecule has 3 aromatic heterocycles. The van der Waals surface area contributed by atoms with Crippen molar-refractivity contribution >= 4 is 53.8 Å². The van der Waals surface area contributed by atoms with Crippen LogP contribution in [0.25, 0.3) is 49.4 Å². The van der Waals surface area contributed by atoms with Gasteiger partial charge in [0.2, 0.25) is 0 Å². The predicted molar refractivity (Wildman–Crippen MR) is 186 cm³/mol. The van der Waals surface area contributed by atoms with Gasteiger partial charge in [-0.05, 0) is 66.7 Å². The monoisotopic (exact) mass is 596 g/mol. The van der Waals surface area contributed by atoms with E-state index in [1.807, 2.05) is 18.5 Å². The number of fused-ring (bicyclic) bond motifs is 6. The van der Waals surface area contributed by atoms with Gasteiger partial charge in [-0.2, -0.15) is 0 Å². The summed E-state index contributed by atoms with van der Waals surface area (Å²) in [4.78, 5) is 9.45. The maximum absolute atomic E-state index is 6.87. The molecular formula is C41H28N2OS. The van der Waals surface area contributed by atoms with E-state index in [0.717, 1.165) is 32.5 Å². The zero-order chi connectivity index (χ0) is 29.8. The smallest absolute Gasteiger partial charge is 0.148 e. The van der Waals surface area contributed by atoms with Crippen molar-refractivity contribution in [1.82, 2.24) is 9.55 Å². The molecule has 0 unspecified atom stereocenters. The molecule has 4 heteroatoms. The molecule has 0 fully saturated rings. The van der Waals surface area contributed by atoms with Crippen molar-refractivity contribution in [2.24, 2.45) is 0 Å². The van der Waals surface area contributed by atoms with Crippen LogP contribution in [0.5, 0.6) is 0 Å². The minimum Gasteiger partial charge on any atom is -0.455 e. The van der Waals surface area contributed by atoms with Crippen LogP contribution in [-0.2, 0) is 0 Å². The van der Waals surface area contributed by atoms with Gasteiger partial charge in [-0.25, -0.2) is 0 Å². The first-order chi connectivity index (χ1) is 22.3. The van der Waals surface area contributed by atoms with Gasteiger partial charge in [0.1, 0.15) is 11.2 Å². The Morgan fingerprint density at radius 2 is 1.00 bits per heavy atom. The Morgan fingerprint density at radius 1 is 0.489 bits per heavy atom. The average Bonchev–Trinajstić information content (AvgIpc) is 3.66. The van der Waals surface area contributed by atoms with Gasteiger partial charge in [-0.1, -0.05) is 91.0 Å². The van der Waals surface area contributed by atoms with Gasteiger partial charge in [0.05, 0.1) is 11.0 Å². The largest absolute Gasteiger partial charge is 0.455 e. The van der Waals surface area contributed by atoms with E-state index in [2.05, 4.69) is 161 Å². The molecule has 0 aliphatic heterocycles. The number of furan rings is 1. The molecular weight excluding hydrogens is 569 g/mol. The van der Waals surface area contributed by atoms with Crippen molar-refractivity contribution in [2.75, 3.05) is 0 Å². The molecule has 0 saturated carbocycles. The molecule has 0 atom stereocenters. The summed E-state index contributed by atoms with van der Waals surface area (Å²) in [5, 5.41) is 4.55. The zero-order valence-electron chi connectivity index (χ0n) is 24.4. The van der Waals surface area contributed by atoms with E-state index in [0.29, 0.717) is 0 Å². The molecule has 0 bridgehead atoms. The highest BCUT2D eigenvalue weighted by atomic mass is 32.3. The Labute approximate surface area is 262 Å². The van der Waals surface area contributed by atoms with Crippen LogP contribution in [0, 0.1) is 0 Å². The number of nitrogens with zero attached hydrogens (tertiary/aromatic N) is 2. The summed E-state index contributed by atoms with van der Waals surface area (Å²) in [5.41, 5.74) is 5.18. The van der Waals surface area contributed by atoms with Gasteiger partial charge < -0.3 is 8.98 Å². The summed E-state index contributed by atoms with van der Waals surface area (Å²) in [6, 6.07) is 56.9. The first-order valence-electron chi connectivity index (χ1n) is 15.1. The fourth-order valence-corrected chi connectivity index (χ4v) is 10.9. The number of aromatic nitrogens is 2. The Bertz CT molecular complexity index is 2330. The first-order valence-corrected chi connectivity index (χ1v) is 16.7. The number of rotatable bonds is 5. The van der Waals surface area contributed by atoms with Gasteiger partial charge >= 0.3 is 0 Å². The van der Waals surface area contributed by atoms with E-state index >= 15 is 0 Å². The molecule has 0 spiro atoms. The number of benzene rings is 6. The van der Waals surface area contributed by atoms with Crippen molar-refractivity contribution < 1.29 is 4.42 Å². The van der Waals surface area contributed by atoms with Crippen molar-refractivity contribution in [3.05, 3.63) is 170 Å². The molecule has 0 aliphatic rings. The van der Waals surface area contributed by atoms with Crippen LogP contribution in [0.1, 0.15) is 0 Å². The van der Waals surface area contributed by atoms with Gasteiger partial charge in [0, 0.05) is 59.2 Å².